The maximum absolute atomic E-state index is 10.5. The van der Waals surface area contributed by atoms with E-state index in [4.69, 9.17) is 4.74 Å². The quantitative estimate of drug-likeness (QED) is 0.228. The Morgan fingerprint density at radius 1 is 0.800 bits per heavy atom. The summed E-state index contributed by atoms with van der Waals surface area (Å²) in [4.78, 5) is 10.5. The third-order valence-corrected chi connectivity index (χ3v) is 3.48. The molecule has 0 saturated carbocycles. The van der Waals surface area contributed by atoms with Gasteiger partial charge < -0.3 is 4.74 Å². The van der Waals surface area contributed by atoms with Crippen LogP contribution in [0.5, 0.6) is 0 Å². The van der Waals surface area contributed by atoms with Crippen LogP contribution in [0.4, 0.5) is 0 Å². The molecule has 0 fully saturated rings. The Bertz CT molecular complexity index is 234. The van der Waals surface area contributed by atoms with E-state index in [1.807, 2.05) is 0 Å². The van der Waals surface area contributed by atoms with Crippen LogP contribution in [0.15, 0.2) is 12.2 Å². The van der Waals surface area contributed by atoms with Crippen LogP contribution in [-0.2, 0) is 9.53 Å². The first-order valence-electron chi connectivity index (χ1n) is 8.55. The molecule has 0 rings (SSSR count). The van der Waals surface area contributed by atoms with Gasteiger partial charge in [0, 0.05) is 6.92 Å². The molecule has 118 valence electrons. The third kappa shape index (κ3) is 17.2. The average Bonchev–Trinajstić information content (AvgIpc) is 2.43. The van der Waals surface area contributed by atoms with E-state index in [0.29, 0.717) is 6.61 Å². The first-order chi connectivity index (χ1) is 9.77. The van der Waals surface area contributed by atoms with Crippen molar-refractivity contribution in [3.63, 3.8) is 0 Å². The van der Waals surface area contributed by atoms with Crippen molar-refractivity contribution in [2.45, 2.75) is 90.9 Å². The summed E-state index contributed by atoms with van der Waals surface area (Å²) >= 11 is 0. The number of esters is 1. The zero-order valence-corrected chi connectivity index (χ0v) is 13.7. The Morgan fingerprint density at radius 3 is 1.85 bits per heavy atom. The van der Waals surface area contributed by atoms with Crippen molar-refractivity contribution in [3.05, 3.63) is 12.2 Å². The summed E-state index contributed by atoms with van der Waals surface area (Å²) in [5, 5.41) is 0. The van der Waals surface area contributed by atoms with Crippen molar-refractivity contribution in [1.29, 1.82) is 0 Å². The summed E-state index contributed by atoms with van der Waals surface area (Å²) in [6.45, 7) is 4.24. The number of unbranched alkanes of at least 4 members (excludes halogenated alkanes) is 10. The second kappa shape index (κ2) is 16.3. The van der Waals surface area contributed by atoms with Gasteiger partial charge in [0.25, 0.3) is 0 Å². The molecule has 0 unspecified atom stereocenters. The van der Waals surface area contributed by atoms with Crippen molar-refractivity contribution in [1.82, 2.24) is 0 Å². The van der Waals surface area contributed by atoms with Crippen LogP contribution in [0.25, 0.3) is 0 Å². The topological polar surface area (TPSA) is 26.3 Å². The average molecular weight is 282 g/mol. The van der Waals surface area contributed by atoms with Crippen LogP contribution < -0.4 is 0 Å². The maximum atomic E-state index is 10.5. The van der Waals surface area contributed by atoms with Gasteiger partial charge >= 0.3 is 5.97 Å². The molecule has 0 radical (unpaired) electrons. The molecule has 0 spiro atoms. The van der Waals surface area contributed by atoms with Gasteiger partial charge in [-0.25, -0.2) is 0 Å². The third-order valence-electron chi connectivity index (χ3n) is 3.48. The molecule has 0 aliphatic heterocycles. The van der Waals surface area contributed by atoms with Crippen LogP contribution in [-0.4, -0.2) is 12.6 Å². The maximum Gasteiger partial charge on any atom is 0.302 e. The lowest BCUT2D eigenvalue weighted by Gasteiger charge is -2.01. The Balaban J connectivity index is 3.05. The van der Waals surface area contributed by atoms with E-state index in [1.54, 1.807) is 0 Å². The molecule has 0 amide bonds. The number of allylic oxidation sites excluding steroid dienone is 1. The molecule has 0 bridgehead atoms. The minimum atomic E-state index is -0.187. The van der Waals surface area contributed by atoms with Crippen molar-refractivity contribution in [2.24, 2.45) is 0 Å². The molecule has 0 heterocycles. The van der Waals surface area contributed by atoms with Gasteiger partial charge in [-0.05, 0) is 19.3 Å². The Labute approximate surface area is 126 Å². The zero-order valence-electron chi connectivity index (χ0n) is 13.7. The first kappa shape index (κ1) is 19.2. The summed E-state index contributed by atoms with van der Waals surface area (Å²) < 4.78 is 4.86. The van der Waals surface area contributed by atoms with Gasteiger partial charge in [-0.1, -0.05) is 76.9 Å². The van der Waals surface area contributed by atoms with E-state index >= 15 is 0 Å². The van der Waals surface area contributed by atoms with Crippen LogP contribution in [0.2, 0.25) is 0 Å². The number of ether oxygens (including phenoxy) is 1. The molecule has 0 aromatic carbocycles. The van der Waals surface area contributed by atoms with Crippen molar-refractivity contribution >= 4 is 5.97 Å². The molecule has 2 nitrogen and oxygen atoms in total. The lowest BCUT2D eigenvalue weighted by atomic mass is 10.1. The van der Waals surface area contributed by atoms with Crippen molar-refractivity contribution in [3.8, 4) is 0 Å². The highest BCUT2D eigenvalue weighted by Crippen LogP contribution is 2.11. The van der Waals surface area contributed by atoms with E-state index in [9.17, 15) is 4.79 Å². The molecule has 2 heteroatoms. The van der Waals surface area contributed by atoms with E-state index in [1.165, 1.54) is 71.1 Å². The molecule has 0 aliphatic rings. The Hall–Kier alpha value is -0.790. The lowest BCUT2D eigenvalue weighted by molar-refractivity contribution is -0.140. The van der Waals surface area contributed by atoms with Gasteiger partial charge in [0.15, 0.2) is 0 Å². The van der Waals surface area contributed by atoms with Gasteiger partial charge in [-0.3, -0.25) is 4.79 Å². The zero-order chi connectivity index (χ0) is 14.9. The number of carbonyl (C=O) groups excluding carboxylic acids is 1. The smallest absolute Gasteiger partial charge is 0.302 e. The normalized spacial score (nSPS) is 11.1. The fourth-order valence-corrected chi connectivity index (χ4v) is 2.26. The highest BCUT2D eigenvalue weighted by atomic mass is 16.5. The molecule has 0 aromatic rings. The second-order valence-electron chi connectivity index (χ2n) is 5.57. The summed E-state index contributed by atoms with van der Waals surface area (Å²) in [6, 6.07) is 0. The van der Waals surface area contributed by atoms with Crippen molar-refractivity contribution in [2.75, 3.05) is 6.61 Å². The first-order valence-corrected chi connectivity index (χ1v) is 8.55. The summed E-state index contributed by atoms with van der Waals surface area (Å²) in [7, 11) is 0. The number of rotatable bonds is 14. The van der Waals surface area contributed by atoms with Crippen LogP contribution in [0.3, 0.4) is 0 Å². The highest BCUT2D eigenvalue weighted by Gasteiger charge is 1.92. The van der Waals surface area contributed by atoms with Gasteiger partial charge in [-0.2, -0.15) is 0 Å². The highest BCUT2D eigenvalue weighted by molar-refractivity contribution is 5.65. The predicted molar refractivity (Wildman–Crippen MR) is 86.9 cm³/mol. The fraction of sp³-hybridized carbons (Fsp3) is 0.833. The lowest BCUT2D eigenvalue weighted by Crippen LogP contribution is -1.98. The summed E-state index contributed by atoms with van der Waals surface area (Å²) in [6.07, 6.45) is 20.2. The molecule has 0 saturated heterocycles. The Kier molecular flexibility index (Phi) is 15.6. The van der Waals surface area contributed by atoms with Crippen LogP contribution in [0, 0.1) is 0 Å². The van der Waals surface area contributed by atoms with E-state index < -0.39 is 0 Å². The molecular weight excluding hydrogens is 248 g/mol. The van der Waals surface area contributed by atoms with Gasteiger partial charge in [0.1, 0.15) is 0 Å². The number of hydrogen-bond acceptors (Lipinski definition) is 2. The number of carbonyl (C=O) groups is 1. The minimum absolute atomic E-state index is 0.187. The second-order valence-corrected chi connectivity index (χ2v) is 5.57. The van der Waals surface area contributed by atoms with Crippen molar-refractivity contribution < 1.29 is 9.53 Å². The van der Waals surface area contributed by atoms with Crippen LogP contribution in [0.1, 0.15) is 90.9 Å². The molecule has 20 heavy (non-hydrogen) atoms. The van der Waals surface area contributed by atoms with Crippen LogP contribution >= 0.6 is 0 Å². The predicted octanol–water partition coefficient (Wildman–Crippen LogP) is 5.81. The molecule has 0 atom stereocenters. The fourth-order valence-electron chi connectivity index (χ4n) is 2.26. The molecular formula is C18H34O2. The van der Waals surface area contributed by atoms with Gasteiger partial charge in [-0.15, -0.1) is 0 Å². The summed E-state index contributed by atoms with van der Waals surface area (Å²) in [5.41, 5.74) is 0. The van der Waals surface area contributed by atoms with Gasteiger partial charge in [0.2, 0.25) is 0 Å². The van der Waals surface area contributed by atoms with Gasteiger partial charge in [0.05, 0.1) is 6.61 Å². The monoisotopic (exact) mass is 282 g/mol. The van der Waals surface area contributed by atoms with E-state index in [-0.39, 0.29) is 5.97 Å². The van der Waals surface area contributed by atoms with E-state index in [0.717, 1.165) is 12.8 Å². The Morgan fingerprint density at radius 2 is 1.30 bits per heavy atom. The van der Waals surface area contributed by atoms with E-state index in [2.05, 4.69) is 19.1 Å². The molecule has 0 aromatic heterocycles. The molecule has 0 N–H and O–H groups in total. The number of hydrogen-bond donors (Lipinski definition) is 0. The molecule has 0 aliphatic carbocycles. The standard InChI is InChI=1S/C18H34O2/c1-3-4-5-6-7-8-9-10-11-12-13-14-15-16-17-20-18(2)19/h14-15H,3-13,16-17H2,1-2H3/b15-14+. The minimum Gasteiger partial charge on any atom is -0.466 e. The summed E-state index contributed by atoms with van der Waals surface area (Å²) in [5.74, 6) is -0.187. The largest absolute Gasteiger partial charge is 0.466 e. The SMILES string of the molecule is CCCCCCCCCCCC/C=C/CCOC(C)=O.